The number of nitrogens with one attached hydrogen (secondary N) is 1. The minimum absolute atomic E-state index is 0.0678. The molecule has 236 valence electrons. The molecule has 1 atom stereocenters. The third-order valence-corrected chi connectivity index (χ3v) is 8.50. The lowest BCUT2D eigenvalue weighted by Crippen LogP contribution is -2.47. The first-order chi connectivity index (χ1) is 20.8. The Labute approximate surface area is 268 Å². The molecule has 2 amide bonds. The van der Waals surface area contributed by atoms with Crippen molar-refractivity contribution < 1.29 is 14.3 Å². The van der Waals surface area contributed by atoms with E-state index in [1.54, 1.807) is 0 Å². The molecule has 8 heteroatoms. The van der Waals surface area contributed by atoms with E-state index in [0.717, 1.165) is 53.8 Å². The molecule has 1 aliphatic rings. The zero-order valence-corrected chi connectivity index (χ0v) is 28.0. The van der Waals surface area contributed by atoms with Crippen molar-refractivity contribution in [1.82, 2.24) is 20.1 Å². The van der Waals surface area contributed by atoms with E-state index in [1.165, 1.54) is 0 Å². The molecule has 0 bridgehead atoms. The predicted molar refractivity (Wildman–Crippen MR) is 179 cm³/mol. The van der Waals surface area contributed by atoms with Crippen molar-refractivity contribution >= 4 is 23.4 Å². The Morgan fingerprint density at radius 2 is 1.77 bits per heavy atom. The molecule has 1 aromatic heterocycles. The molecule has 7 nitrogen and oxygen atoms in total. The first-order valence-corrected chi connectivity index (χ1v) is 15.9. The van der Waals surface area contributed by atoms with Gasteiger partial charge in [0.25, 0.3) is 0 Å². The van der Waals surface area contributed by atoms with Gasteiger partial charge in [-0.15, -0.1) is 0 Å². The largest absolute Gasteiger partial charge is 0.492 e. The Bertz CT molecular complexity index is 1460. The van der Waals surface area contributed by atoms with Crippen LogP contribution in [0.3, 0.4) is 0 Å². The van der Waals surface area contributed by atoms with Crippen molar-refractivity contribution in [2.24, 2.45) is 5.41 Å². The van der Waals surface area contributed by atoms with Crippen molar-refractivity contribution in [3.8, 4) is 28.1 Å². The fourth-order valence-electron chi connectivity index (χ4n) is 5.20. The van der Waals surface area contributed by atoms with Gasteiger partial charge < -0.3 is 19.9 Å². The van der Waals surface area contributed by atoms with Crippen LogP contribution in [0, 0.1) is 12.3 Å². The molecule has 1 N–H and O–H groups in total. The Morgan fingerprint density at radius 3 is 2.43 bits per heavy atom. The number of halogens is 1. The van der Waals surface area contributed by atoms with E-state index >= 15 is 0 Å². The minimum atomic E-state index is -0.294. The monoisotopic (exact) mass is 618 g/mol. The molecule has 1 saturated carbocycles. The first-order valence-electron chi connectivity index (χ1n) is 15.5. The van der Waals surface area contributed by atoms with Crippen LogP contribution < -0.4 is 10.1 Å². The van der Waals surface area contributed by atoms with Gasteiger partial charge in [-0.2, -0.15) is 0 Å². The maximum absolute atomic E-state index is 13.4. The molecule has 4 rings (SSSR count). The highest BCUT2D eigenvalue weighted by Gasteiger charge is 2.34. The van der Waals surface area contributed by atoms with Crippen LogP contribution in [0.15, 0.2) is 54.6 Å². The molecule has 1 aliphatic carbocycles. The quantitative estimate of drug-likeness (QED) is 0.214. The smallest absolute Gasteiger partial charge is 0.226 e. The lowest BCUT2D eigenvalue weighted by atomic mass is 9.84. The van der Waals surface area contributed by atoms with E-state index in [9.17, 15) is 9.59 Å². The average molecular weight is 619 g/mol. The van der Waals surface area contributed by atoms with E-state index in [1.807, 2.05) is 68.5 Å². The summed E-state index contributed by atoms with van der Waals surface area (Å²) >= 11 is 6.53. The molecule has 2 aromatic carbocycles. The van der Waals surface area contributed by atoms with E-state index in [-0.39, 0.29) is 36.1 Å². The number of aryl methyl sites for hydroxylation is 1. The Morgan fingerprint density at radius 1 is 1.05 bits per heavy atom. The lowest BCUT2D eigenvalue weighted by Gasteiger charge is -2.32. The second-order valence-corrected chi connectivity index (χ2v) is 13.7. The van der Waals surface area contributed by atoms with Crippen molar-refractivity contribution in [2.75, 3.05) is 34.3 Å². The normalized spacial score (nSPS) is 13.9. The number of amides is 2. The summed E-state index contributed by atoms with van der Waals surface area (Å²) in [5.41, 5.74) is 5.15. The number of aromatic nitrogens is 1. The van der Waals surface area contributed by atoms with Gasteiger partial charge in [-0.25, -0.2) is 0 Å². The third-order valence-electron chi connectivity index (χ3n) is 8.19. The van der Waals surface area contributed by atoms with Gasteiger partial charge in [0.1, 0.15) is 5.75 Å². The van der Waals surface area contributed by atoms with Crippen LogP contribution in [0.2, 0.25) is 5.02 Å². The number of hydrogen-bond acceptors (Lipinski definition) is 5. The van der Waals surface area contributed by atoms with Gasteiger partial charge >= 0.3 is 0 Å². The van der Waals surface area contributed by atoms with Gasteiger partial charge in [-0.1, -0.05) is 68.8 Å². The molecular formula is C36H47ClN4O3. The summed E-state index contributed by atoms with van der Waals surface area (Å²) in [6, 6.07) is 17.9. The molecule has 0 saturated heterocycles. The van der Waals surface area contributed by atoms with Crippen molar-refractivity contribution in [3.05, 3.63) is 70.9 Å². The van der Waals surface area contributed by atoms with Gasteiger partial charge in [-0.3, -0.25) is 14.6 Å². The topological polar surface area (TPSA) is 74.8 Å². The van der Waals surface area contributed by atoms with E-state index in [4.69, 9.17) is 21.3 Å². The summed E-state index contributed by atoms with van der Waals surface area (Å²) in [6.07, 6.45) is 3.36. The lowest BCUT2D eigenvalue weighted by molar-refractivity contribution is -0.132. The van der Waals surface area contributed by atoms with Crippen LogP contribution in [0.25, 0.3) is 22.4 Å². The summed E-state index contributed by atoms with van der Waals surface area (Å²) in [5, 5.41) is 3.69. The number of benzene rings is 2. The summed E-state index contributed by atoms with van der Waals surface area (Å²) in [5.74, 6) is 0.519. The second-order valence-electron chi connectivity index (χ2n) is 13.3. The molecule has 44 heavy (non-hydrogen) atoms. The van der Waals surface area contributed by atoms with Crippen molar-refractivity contribution in [3.63, 3.8) is 0 Å². The van der Waals surface area contributed by atoms with Gasteiger partial charge in [0.2, 0.25) is 11.8 Å². The maximum atomic E-state index is 13.4. The highest BCUT2D eigenvalue weighted by Crippen LogP contribution is 2.37. The summed E-state index contributed by atoms with van der Waals surface area (Å²) in [7, 11) is 5.94. The van der Waals surface area contributed by atoms with Crippen LogP contribution in [-0.2, 0) is 16.0 Å². The summed E-state index contributed by atoms with van der Waals surface area (Å²) < 4.78 is 6.07. The second kappa shape index (κ2) is 14.6. The van der Waals surface area contributed by atoms with Gasteiger partial charge in [0.15, 0.2) is 0 Å². The zero-order chi connectivity index (χ0) is 32.0. The fraction of sp³-hybridized carbons (Fsp3) is 0.472. The maximum Gasteiger partial charge on any atom is 0.226 e. The first kappa shape index (κ1) is 33.5. The number of hydrogen-bond donors (Lipinski definition) is 1. The molecule has 3 aromatic rings. The van der Waals surface area contributed by atoms with Gasteiger partial charge in [-0.05, 0) is 75.0 Å². The molecule has 1 heterocycles. The van der Waals surface area contributed by atoms with E-state index in [2.05, 4.69) is 50.0 Å². The number of carbonyl (C=O) groups is 2. The number of nitrogens with zero attached hydrogens (tertiary/aromatic N) is 3. The van der Waals surface area contributed by atoms with Crippen LogP contribution in [0.4, 0.5) is 0 Å². The summed E-state index contributed by atoms with van der Waals surface area (Å²) in [4.78, 5) is 35.3. The van der Waals surface area contributed by atoms with E-state index in [0.29, 0.717) is 29.1 Å². The van der Waals surface area contributed by atoms with Crippen molar-refractivity contribution in [2.45, 2.75) is 71.9 Å². The number of ether oxygens (including phenoxy) is 1. The van der Waals surface area contributed by atoms with Gasteiger partial charge in [0, 0.05) is 43.2 Å². The van der Waals surface area contributed by atoms with Gasteiger partial charge in [0.05, 0.1) is 29.4 Å². The average Bonchev–Trinajstić information content (AvgIpc) is 3.81. The molecule has 0 unspecified atom stereocenters. The zero-order valence-electron chi connectivity index (χ0n) is 27.2. The predicted octanol–water partition coefficient (Wildman–Crippen LogP) is 6.79. The van der Waals surface area contributed by atoms with Crippen LogP contribution in [-0.4, -0.2) is 73.0 Å². The minimum Gasteiger partial charge on any atom is -0.492 e. The standard InChI is InChI=1S/C36H47ClN4O3/c1-24-11-8-9-12-28(24)29-17-14-26(22-33(42)39-32(36(2,3)4)23-34(43)41(7)27-15-16-27)38-35(29)25-13-18-30(37)31(21-25)44-20-10-19-40(5)6/h8-9,11-14,17-18,21,27,32H,10,15-16,19-20,22-23H2,1-7H3,(H,39,42)/t32-/m0/s1. The molecular weight excluding hydrogens is 572 g/mol. The highest BCUT2D eigenvalue weighted by molar-refractivity contribution is 6.32. The number of carbonyl (C=O) groups excluding carboxylic acids is 2. The molecule has 0 aliphatic heterocycles. The number of rotatable bonds is 13. The molecule has 0 radical (unpaired) electrons. The highest BCUT2D eigenvalue weighted by atomic mass is 35.5. The third kappa shape index (κ3) is 9.05. The SMILES string of the molecule is Cc1ccccc1-c1ccc(CC(=O)N[C@@H](CC(=O)N(C)C2CC2)C(C)(C)C)nc1-c1ccc(Cl)c(OCCCN(C)C)c1. The Balaban J connectivity index is 1.60. The summed E-state index contributed by atoms with van der Waals surface area (Å²) in [6.45, 7) is 9.70. The van der Waals surface area contributed by atoms with Crippen LogP contribution >= 0.6 is 11.6 Å². The molecule has 1 fully saturated rings. The fourth-order valence-corrected chi connectivity index (χ4v) is 5.37. The Hall–Kier alpha value is -3.42. The molecule has 0 spiro atoms. The Kier molecular flexibility index (Phi) is 11.1. The number of pyridine rings is 1. The van der Waals surface area contributed by atoms with Crippen LogP contribution in [0.1, 0.15) is 57.7 Å². The van der Waals surface area contributed by atoms with Crippen LogP contribution in [0.5, 0.6) is 5.75 Å². The van der Waals surface area contributed by atoms with Crippen molar-refractivity contribution in [1.29, 1.82) is 0 Å². The van der Waals surface area contributed by atoms with E-state index < -0.39 is 0 Å².